The van der Waals surface area contributed by atoms with Gasteiger partial charge < -0.3 is 19.1 Å². The van der Waals surface area contributed by atoms with E-state index in [0.29, 0.717) is 35.1 Å². The molecule has 1 aliphatic heterocycles. The Kier molecular flexibility index (Phi) is 6.24. The fourth-order valence-corrected chi connectivity index (χ4v) is 3.41. The molecule has 1 atom stereocenters. The van der Waals surface area contributed by atoms with Crippen LogP contribution in [0.1, 0.15) is 48.8 Å². The molecule has 7 nitrogen and oxygen atoms in total. The van der Waals surface area contributed by atoms with Gasteiger partial charge in [-0.05, 0) is 25.1 Å². The molecular formula is C20H24ClN3O4. The molecule has 0 aliphatic carbocycles. The Balaban J connectivity index is 1.75. The molecular weight excluding hydrogens is 382 g/mol. The van der Waals surface area contributed by atoms with Gasteiger partial charge in [0.05, 0.1) is 11.6 Å². The van der Waals surface area contributed by atoms with Gasteiger partial charge in [0.25, 0.3) is 5.91 Å². The Hall–Kier alpha value is -2.54. The lowest BCUT2D eigenvalue weighted by Gasteiger charge is -2.32. The predicted octanol–water partition coefficient (Wildman–Crippen LogP) is 3.55. The lowest BCUT2D eigenvalue weighted by Crippen LogP contribution is -2.40. The molecule has 1 saturated heterocycles. The van der Waals surface area contributed by atoms with Crippen molar-refractivity contribution in [1.29, 1.82) is 0 Å². The molecule has 1 aromatic carbocycles. The van der Waals surface area contributed by atoms with Crippen molar-refractivity contribution in [2.75, 3.05) is 20.1 Å². The molecule has 1 aromatic heterocycles. The van der Waals surface area contributed by atoms with Crippen LogP contribution in [0.5, 0.6) is 5.75 Å². The second-order valence-corrected chi connectivity index (χ2v) is 7.42. The van der Waals surface area contributed by atoms with Crippen molar-refractivity contribution in [2.24, 2.45) is 0 Å². The van der Waals surface area contributed by atoms with Gasteiger partial charge in [0.15, 0.2) is 0 Å². The molecule has 0 radical (unpaired) electrons. The number of hydrogen-bond acceptors (Lipinski definition) is 5. The van der Waals surface area contributed by atoms with Crippen LogP contribution >= 0.6 is 11.6 Å². The molecule has 2 heterocycles. The van der Waals surface area contributed by atoms with Crippen molar-refractivity contribution in [3.05, 3.63) is 46.8 Å². The lowest BCUT2D eigenvalue weighted by molar-refractivity contribution is -0.130. The number of nitrogens with zero attached hydrogens (tertiary/aromatic N) is 3. The molecule has 8 heteroatoms. The van der Waals surface area contributed by atoms with Crippen LogP contribution in [-0.4, -0.2) is 53.0 Å². The normalized spacial score (nSPS) is 15.9. The summed E-state index contributed by atoms with van der Waals surface area (Å²) in [6.07, 6.45) is 2.87. The number of carbonyl (C=O) groups is 2. The predicted molar refractivity (Wildman–Crippen MR) is 104 cm³/mol. The Morgan fingerprint density at radius 1 is 1.32 bits per heavy atom. The number of carbonyl (C=O) groups excluding carboxylic acids is 2. The maximum Gasteiger partial charge on any atom is 0.257 e. The smallest absolute Gasteiger partial charge is 0.257 e. The first-order valence-electron chi connectivity index (χ1n) is 9.26. The van der Waals surface area contributed by atoms with Crippen LogP contribution in [0.2, 0.25) is 5.02 Å². The van der Waals surface area contributed by atoms with Gasteiger partial charge in [0.2, 0.25) is 5.91 Å². The monoisotopic (exact) mass is 405 g/mol. The van der Waals surface area contributed by atoms with E-state index in [4.69, 9.17) is 20.9 Å². The fraction of sp³-hybridized carbons (Fsp3) is 0.450. The van der Waals surface area contributed by atoms with Gasteiger partial charge in [-0.1, -0.05) is 16.8 Å². The summed E-state index contributed by atoms with van der Waals surface area (Å²) in [5, 5.41) is 4.37. The van der Waals surface area contributed by atoms with Gasteiger partial charge in [0, 0.05) is 51.0 Å². The number of ether oxygens (including phenoxy) is 1. The van der Waals surface area contributed by atoms with Crippen molar-refractivity contribution in [1.82, 2.24) is 15.0 Å². The highest BCUT2D eigenvalue weighted by Gasteiger charge is 2.27. The first-order valence-corrected chi connectivity index (χ1v) is 9.63. The van der Waals surface area contributed by atoms with E-state index in [1.807, 2.05) is 6.92 Å². The van der Waals surface area contributed by atoms with Crippen molar-refractivity contribution in [3.63, 3.8) is 0 Å². The van der Waals surface area contributed by atoms with Gasteiger partial charge in [-0.25, -0.2) is 0 Å². The van der Waals surface area contributed by atoms with E-state index in [0.717, 1.165) is 12.8 Å². The Morgan fingerprint density at radius 3 is 2.64 bits per heavy atom. The van der Waals surface area contributed by atoms with Crippen LogP contribution in [-0.2, 0) is 4.79 Å². The third kappa shape index (κ3) is 4.47. The number of halogens is 1. The molecule has 3 rings (SSSR count). The van der Waals surface area contributed by atoms with E-state index < -0.39 is 0 Å². The minimum Gasteiger partial charge on any atom is -0.489 e. The molecule has 0 spiro atoms. The zero-order valence-electron chi connectivity index (χ0n) is 16.2. The van der Waals surface area contributed by atoms with Crippen LogP contribution < -0.4 is 4.74 Å². The molecule has 0 N–H and O–H groups in total. The average molecular weight is 406 g/mol. The van der Waals surface area contributed by atoms with E-state index in [1.165, 1.54) is 6.26 Å². The van der Waals surface area contributed by atoms with E-state index >= 15 is 0 Å². The molecule has 2 amide bonds. The zero-order chi connectivity index (χ0) is 20.3. The largest absolute Gasteiger partial charge is 0.489 e. The first kappa shape index (κ1) is 20.2. The molecule has 1 fully saturated rings. The van der Waals surface area contributed by atoms with Crippen molar-refractivity contribution in [3.8, 4) is 5.75 Å². The van der Waals surface area contributed by atoms with Crippen molar-refractivity contribution >= 4 is 23.4 Å². The summed E-state index contributed by atoms with van der Waals surface area (Å²) >= 11 is 6.14. The number of aromatic nitrogens is 1. The van der Waals surface area contributed by atoms with E-state index in [-0.39, 0.29) is 24.0 Å². The minimum absolute atomic E-state index is 0.0541. The highest BCUT2D eigenvalue weighted by Crippen LogP contribution is 2.29. The summed E-state index contributed by atoms with van der Waals surface area (Å²) < 4.78 is 11.0. The van der Waals surface area contributed by atoms with Crippen LogP contribution in [0.25, 0.3) is 0 Å². The number of likely N-dealkylation sites (tertiary alicyclic amines) is 1. The lowest BCUT2D eigenvalue weighted by atomic mass is 10.1. The Labute approximate surface area is 169 Å². The van der Waals surface area contributed by atoms with Gasteiger partial charge in [0.1, 0.15) is 23.8 Å². The minimum atomic E-state index is -0.267. The maximum absolute atomic E-state index is 13.1. The second-order valence-electron chi connectivity index (χ2n) is 6.98. The maximum atomic E-state index is 13.1. The summed E-state index contributed by atoms with van der Waals surface area (Å²) in [7, 11) is 1.71. The SMILES string of the molecule is CC(=O)N1CCC(Oc2ccc(Cl)cc2C(=O)N(C)C(C)c2ccon2)CC1. The van der Waals surface area contributed by atoms with E-state index in [1.54, 1.807) is 48.0 Å². The van der Waals surface area contributed by atoms with Crippen LogP contribution in [0.3, 0.4) is 0 Å². The average Bonchev–Trinajstić information content (AvgIpc) is 3.23. The van der Waals surface area contributed by atoms with Crippen LogP contribution in [0.4, 0.5) is 0 Å². The highest BCUT2D eigenvalue weighted by molar-refractivity contribution is 6.31. The van der Waals surface area contributed by atoms with Crippen LogP contribution in [0, 0.1) is 0 Å². The molecule has 2 aromatic rings. The zero-order valence-corrected chi connectivity index (χ0v) is 17.0. The number of hydrogen-bond donors (Lipinski definition) is 0. The van der Waals surface area contributed by atoms with E-state index in [2.05, 4.69) is 5.16 Å². The third-order valence-corrected chi connectivity index (χ3v) is 5.38. The summed E-state index contributed by atoms with van der Waals surface area (Å²) in [5.74, 6) is 0.355. The topological polar surface area (TPSA) is 75.9 Å². The molecule has 0 bridgehead atoms. The number of rotatable bonds is 5. The second kappa shape index (κ2) is 8.65. The number of benzene rings is 1. The molecule has 150 valence electrons. The summed E-state index contributed by atoms with van der Waals surface area (Å²) in [6.45, 7) is 4.75. The van der Waals surface area contributed by atoms with E-state index in [9.17, 15) is 9.59 Å². The van der Waals surface area contributed by atoms with Crippen molar-refractivity contribution in [2.45, 2.75) is 38.8 Å². The number of piperidine rings is 1. The van der Waals surface area contributed by atoms with Gasteiger partial charge in [-0.3, -0.25) is 9.59 Å². The number of amides is 2. The highest BCUT2D eigenvalue weighted by atomic mass is 35.5. The molecule has 0 saturated carbocycles. The summed E-state index contributed by atoms with van der Waals surface area (Å²) in [4.78, 5) is 28.0. The quantitative estimate of drug-likeness (QED) is 0.760. The third-order valence-electron chi connectivity index (χ3n) is 5.14. The first-order chi connectivity index (χ1) is 13.4. The molecule has 1 unspecified atom stereocenters. The molecule has 28 heavy (non-hydrogen) atoms. The van der Waals surface area contributed by atoms with Gasteiger partial charge >= 0.3 is 0 Å². The Bertz CT molecular complexity index is 832. The summed E-state index contributed by atoms with van der Waals surface area (Å²) in [6, 6.07) is 6.51. The van der Waals surface area contributed by atoms with Crippen LogP contribution in [0.15, 0.2) is 35.1 Å². The van der Waals surface area contributed by atoms with Gasteiger partial charge in [-0.15, -0.1) is 0 Å². The van der Waals surface area contributed by atoms with Crippen molar-refractivity contribution < 1.29 is 18.8 Å². The fourth-order valence-electron chi connectivity index (χ4n) is 3.24. The Morgan fingerprint density at radius 2 is 2.04 bits per heavy atom. The summed E-state index contributed by atoms with van der Waals surface area (Å²) in [5.41, 5.74) is 1.07. The van der Waals surface area contributed by atoms with Gasteiger partial charge in [-0.2, -0.15) is 0 Å². The molecule has 1 aliphatic rings. The standard InChI is InChI=1S/C20H24ClN3O4/c1-13(18-8-11-27-22-18)23(3)20(26)17-12-15(21)4-5-19(17)28-16-6-9-24(10-7-16)14(2)25/h4-5,8,11-13,16H,6-7,9-10H2,1-3H3.